The highest BCUT2D eigenvalue weighted by Gasteiger charge is 2.16. The van der Waals surface area contributed by atoms with Crippen molar-refractivity contribution < 1.29 is 9.47 Å². The first-order chi connectivity index (χ1) is 15.7. The topological polar surface area (TPSA) is 59.5 Å². The molecule has 0 saturated carbocycles. The fourth-order valence-corrected chi connectivity index (χ4v) is 3.71. The minimum absolute atomic E-state index is 0.593. The fourth-order valence-electron chi connectivity index (χ4n) is 3.71. The van der Waals surface area contributed by atoms with Gasteiger partial charge in [0.15, 0.2) is 11.5 Å². The maximum absolute atomic E-state index is 5.53. The van der Waals surface area contributed by atoms with E-state index in [1.54, 1.807) is 14.2 Å². The molecule has 0 aliphatic rings. The summed E-state index contributed by atoms with van der Waals surface area (Å²) in [6.45, 7) is 1.47. The largest absolute Gasteiger partial charge is 0.493 e. The minimum Gasteiger partial charge on any atom is -0.493 e. The number of ether oxygens (including phenoxy) is 2. The van der Waals surface area contributed by atoms with Gasteiger partial charge in [0.05, 0.1) is 19.7 Å². The average Bonchev–Trinajstić information content (AvgIpc) is 2.84. The highest BCUT2D eigenvalue weighted by Crippen LogP contribution is 2.35. The summed E-state index contributed by atoms with van der Waals surface area (Å²) in [6, 6.07) is 24.6. The Labute approximate surface area is 188 Å². The Kier molecular flexibility index (Phi) is 6.70. The van der Waals surface area contributed by atoms with E-state index in [1.165, 1.54) is 11.1 Å². The van der Waals surface area contributed by atoms with Crippen LogP contribution in [0.1, 0.15) is 11.1 Å². The minimum atomic E-state index is 0.593. The van der Waals surface area contributed by atoms with E-state index in [0.717, 1.165) is 36.2 Å². The van der Waals surface area contributed by atoms with Crippen LogP contribution in [0.3, 0.4) is 0 Å². The molecule has 0 saturated heterocycles. The average molecular weight is 429 g/mol. The Balaban J connectivity index is 1.67. The van der Waals surface area contributed by atoms with Gasteiger partial charge in [0.1, 0.15) is 5.82 Å². The number of hydrogen-bond donors (Lipinski definition) is 1. The van der Waals surface area contributed by atoms with Crippen LogP contribution in [0.5, 0.6) is 11.5 Å². The normalized spacial score (nSPS) is 10.7. The summed E-state index contributed by atoms with van der Waals surface area (Å²) < 4.78 is 11.0. The molecule has 0 unspecified atom stereocenters. The molecule has 32 heavy (non-hydrogen) atoms. The van der Waals surface area contributed by atoms with Crippen LogP contribution in [0.25, 0.3) is 10.9 Å². The molecule has 1 N–H and O–H groups in total. The summed E-state index contributed by atoms with van der Waals surface area (Å²) in [4.78, 5) is 11.8. The molecule has 3 aromatic carbocycles. The van der Waals surface area contributed by atoms with Crippen LogP contribution in [-0.2, 0) is 13.0 Å². The first-order valence-electron chi connectivity index (χ1n) is 10.6. The van der Waals surface area contributed by atoms with Gasteiger partial charge in [-0.2, -0.15) is 4.98 Å². The van der Waals surface area contributed by atoms with Crippen molar-refractivity contribution in [2.24, 2.45) is 0 Å². The van der Waals surface area contributed by atoms with E-state index in [0.29, 0.717) is 17.4 Å². The Morgan fingerprint density at radius 1 is 0.812 bits per heavy atom. The number of hydrogen-bond acceptors (Lipinski definition) is 6. The SMILES string of the molecule is COc1cc2nc(NCCc3ccccc3)nc(N(C)Cc3ccccc3)c2cc1OC. The van der Waals surface area contributed by atoms with Crippen molar-refractivity contribution in [1.29, 1.82) is 0 Å². The molecular weight excluding hydrogens is 400 g/mol. The number of benzene rings is 3. The third kappa shape index (κ3) is 4.91. The molecule has 1 heterocycles. The van der Waals surface area contributed by atoms with Gasteiger partial charge in [-0.25, -0.2) is 4.98 Å². The van der Waals surface area contributed by atoms with Gasteiger partial charge < -0.3 is 19.7 Å². The summed E-state index contributed by atoms with van der Waals surface area (Å²) in [5.41, 5.74) is 3.28. The van der Waals surface area contributed by atoms with Gasteiger partial charge in [0.2, 0.25) is 5.95 Å². The molecular formula is C26H28N4O2. The van der Waals surface area contributed by atoms with E-state index in [-0.39, 0.29) is 0 Å². The van der Waals surface area contributed by atoms with E-state index in [4.69, 9.17) is 19.4 Å². The molecule has 0 aliphatic carbocycles. The Hall–Kier alpha value is -3.80. The molecule has 0 radical (unpaired) electrons. The molecule has 0 atom stereocenters. The summed E-state index contributed by atoms with van der Waals surface area (Å²) in [6.07, 6.45) is 0.892. The highest BCUT2D eigenvalue weighted by molar-refractivity contribution is 5.93. The zero-order chi connectivity index (χ0) is 22.3. The number of nitrogens with zero attached hydrogens (tertiary/aromatic N) is 3. The van der Waals surface area contributed by atoms with Gasteiger partial charge in [-0.1, -0.05) is 60.7 Å². The smallest absolute Gasteiger partial charge is 0.225 e. The second-order valence-electron chi connectivity index (χ2n) is 7.60. The van der Waals surface area contributed by atoms with Crippen LogP contribution in [0.2, 0.25) is 0 Å². The Morgan fingerprint density at radius 3 is 2.09 bits per heavy atom. The molecule has 1 aromatic heterocycles. The number of anilines is 2. The number of fused-ring (bicyclic) bond motifs is 1. The zero-order valence-corrected chi connectivity index (χ0v) is 18.7. The predicted molar refractivity (Wildman–Crippen MR) is 130 cm³/mol. The maximum Gasteiger partial charge on any atom is 0.225 e. The molecule has 6 nitrogen and oxygen atoms in total. The molecule has 0 bridgehead atoms. The van der Waals surface area contributed by atoms with Crippen molar-refractivity contribution in [3.8, 4) is 11.5 Å². The standard InChI is InChI=1S/C26H28N4O2/c1-30(18-20-12-8-5-9-13-20)25-21-16-23(31-2)24(32-3)17-22(21)28-26(29-25)27-15-14-19-10-6-4-7-11-19/h4-13,16-17H,14-15,18H2,1-3H3,(H,27,28,29). The molecule has 6 heteroatoms. The monoisotopic (exact) mass is 428 g/mol. The molecule has 4 aromatic rings. The van der Waals surface area contributed by atoms with Gasteiger partial charge >= 0.3 is 0 Å². The summed E-state index contributed by atoms with van der Waals surface area (Å²) in [5.74, 6) is 2.73. The second-order valence-corrected chi connectivity index (χ2v) is 7.60. The van der Waals surface area contributed by atoms with Crippen molar-refractivity contribution in [2.75, 3.05) is 38.0 Å². The van der Waals surface area contributed by atoms with Crippen molar-refractivity contribution >= 4 is 22.7 Å². The van der Waals surface area contributed by atoms with Crippen molar-refractivity contribution in [2.45, 2.75) is 13.0 Å². The molecule has 4 rings (SSSR count). The summed E-state index contributed by atoms with van der Waals surface area (Å²) in [7, 11) is 5.31. The second kappa shape index (κ2) is 10.0. The molecule has 0 amide bonds. The lowest BCUT2D eigenvalue weighted by Crippen LogP contribution is -2.19. The lowest BCUT2D eigenvalue weighted by molar-refractivity contribution is 0.356. The van der Waals surface area contributed by atoms with Crippen molar-refractivity contribution in [3.05, 3.63) is 83.9 Å². The number of aromatic nitrogens is 2. The third-order valence-corrected chi connectivity index (χ3v) is 5.34. The predicted octanol–water partition coefficient (Wildman–Crippen LogP) is 4.94. The Morgan fingerprint density at radius 2 is 1.44 bits per heavy atom. The first-order valence-corrected chi connectivity index (χ1v) is 10.6. The third-order valence-electron chi connectivity index (χ3n) is 5.34. The lowest BCUT2D eigenvalue weighted by atomic mass is 10.1. The molecule has 164 valence electrons. The molecule has 0 fully saturated rings. The van der Waals surface area contributed by atoms with Gasteiger partial charge in [-0.3, -0.25) is 0 Å². The van der Waals surface area contributed by atoms with Gasteiger partial charge in [-0.05, 0) is 23.6 Å². The van der Waals surface area contributed by atoms with Crippen LogP contribution in [0, 0.1) is 0 Å². The van der Waals surface area contributed by atoms with E-state index in [9.17, 15) is 0 Å². The van der Waals surface area contributed by atoms with E-state index in [2.05, 4.69) is 46.6 Å². The van der Waals surface area contributed by atoms with Crippen molar-refractivity contribution in [1.82, 2.24) is 9.97 Å². The first kappa shape index (κ1) is 21.4. The van der Waals surface area contributed by atoms with Gasteiger partial charge in [-0.15, -0.1) is 0 Å². The van der Waals surface area contributed by atoms with Crippen LogP contribution >= 0.6 is 0 Å². The number of rotatable bonds is 9. The molecule has 0 spiro atoms. The quantitative estimate of drug-likeness (QED) is 0.408. The van der Waals surface area contributed by atoms with Gasteiger partial charge in [0, 0.05) is 31.6 Å². The van der Waals surface area contributed by atoms with Crippen LogP contribution < -0.4 is 19.7 Å². The van der Waals surface area contributed by atoms with Crippen LogP contribution in [-0.4, -0.2) is 37.8 Å². The maximum atomic E-state index is 5.53. The van der Waals surface area contributed by atoms with E-state index < -0.39 is 0 Å². The van der Waals surface area contributed by atoms with Crippen LogP contribution in [0.4, 0.5) is 11.8 Å². The summed E-state index contributed by atoms with van der Waals surface area (Å²) >= 11 is 0. The zero-order valence-electron chi connectivity index (χ0n) is 18.7. The Bertz CT molecular complexity index is 1170. The fraction of sp³-hybridized carbons (Fsp3) is 0.231. The van der Waals surface area contributed by atoms with E-state index >= 15 is 0 Å². The van der Waals surface area contributed by atoms with Crippen molar-refractivity contribution in [3.63, 3.8) is 0 Å². The van der Waals surface area contributed by atoms with Gasteiger partial charge in [0.25, 0.3) is 0 Å². The van der Waals surface area contributed by atoms with E-state index in [1.807, 2.05) is 43.4 Å². The van der Waals surface area contributed by atoms with Crippen LogP contribution in [0.15, 0.2) is 72.8 Å². The number of methoxy groups -OCH3 is 2. The molecule has 0 aliphatic heterocycles. The lowest BCUT2D eigenvalue weighted by Gasteiger charge is -2.22. The summed E-state index contributed by atoms with van der Waals surface area (Å²) in [5, 5.41) is 4.30. The highest BCUT2D eigenvalue weighted by atomic mass is 16.5. The number of nitrogens with one attached hydrogen (secondary N) is 1.